The van der Waals surface area contributed by atoms with E-state index < -0.39 is 28.8 Å². The van der Waals surface area contributed by atoms with Crippen molar-refractivity contribution in [3.8, 4) is 5.69 Å². The maximum Gasteiger partial charge on any atom is 0.416 e. The van der Waals surface area contributed by atoms with E-state index in [-0.39, 0.29) is 30.4 Å². The van der Waals surface area contributed by atoms with E-state index in [2.05, 4.69) is 4.98 Å². The van der Waals surface area contributed by atoms with Gasteiger partial charge in [0.05, 0.1) is 30.2 Å². The number of benzene rings is 2. The molecule has 2 aromatic heterocycles. The van der Waals surface area contributed by atoms with Crippen LogP contribution >= 0.6 is 0 Å². The van der Waals surface area contributed by atoms with Gasteiger partial charge in [0.1, 0.15) is 5.82 Å². The SMILES string of the molecule is O=c1c2c(ncn2Cc2ccc(C(F)(F)F)cc2)n(-c2ccc(F)cc2)c(=O)n1C[C@@H]1CCCO1. The zero-order valence-electron chi connectivity index (χ0n) is 18.3. The topological polar surface area (TPSA) is 71.0 Å². The van der Waals surface area contributed by atoms with Crippen LogP contribution in [0.25, 0.3) is 16.9 Å². The van der Waals surface area contributed by atoms with Crippen LogP contribution in [0.2, 0.25) is 0 Å². The van der Waals surface area contributed by atoms with Gasteiger partial charge in [-0.25, -0.2) is 18.7 Å². The molecule has 7 nitrogen and oxygen atoms in total. The van der Waals surface area contributed by atoms with Crippen LogP contribution in [0.4, 0.5) is 17.6 Å². The van der Waals surface area contributed by atoms with Gasteiger partial charge in [0, 0.05) is 13.2 Å². The molecular weight excluding hydrogens is 468 g/mol. The molecule has 0 saturated carbocycles. The van der Waals surface area contributed by atoms with Gasteiger partial charge in [0.15, 0.2) is 11.2 Å². The average molecular weight is 488 g/mol. The molecule has 4 aromatic rings. The smallest absolute Gasteiger partial charge is 0.376 e. The molecule has 182 valence electrons. The molecule has 0 unspecified atom stereocenters. The first-order valence-corrected chi connectivity index (χ1v) is 11.0. The number of aromatic nitrogens is 4. The van der Waals surface area contributed by atoms with Crippen molar-refractivity contribution in [1.82, 2.24) is 18.7 Å². The van der Waals surface area contributed by atoms with Crippen LogP contribution in [0, 0.1) is 5.82 Å². The first kappa shape index (κ1) is 23.0. The highest BCUT2D eigenvalue weighted by Crippen LogP contribution is 2.29. The van der Waals surface area contributed by atoms with E-state index in [4.69, 9.17) is 4.74 Å². The second-order valence-electron chi connectivity index (χ2n) is 8.38. The maximum atomic E-state index is 13.5. The lowest BCUT2D eigenvalue weighted by Crippen LogP contribution is -2.42. The number of hydrogen-bond acceptors (Lipinski definition) is 4. The van der Waals surface area contributed by atoms with Crippen molar-refractivity contribution < 1.29 is 22.3 Å². The van der Waals surface area contributed by atoms with Crippen LogP contribution in [0.15, 0.2) is 64.4 Å². The van der Waals surface area contributed by atoms with Crippen LogP contribution in [0.3, 0.4) is 0 Å². The molecule has 0 aliphatic carbocycles. The van der Waals surface area contributed by atoms with Gasteiger partial charge in [0.25, 0.3) is 5.56 Å². The fraction of sp³-hybridized carbons (Fsp3) is 0.292. The molecule has 1 aliphatic heterocycles. The van der Waals surface area contributed by atoms with Crippen molar-refractivity contribution in [2.45, 2.75) is 38.2 Å². The minimum atomic E-state index is -4.46. The molecule has 0 N–H and O–H groups in total. The molecular formula is C24H20F4N4O3. The molecule has 0 radical (unpaired) electrons. The summed E-state index contributed by atoms with van der Waals surface area (Å²) in [5.74, 6) is -0.487. The fourth-order valence-electron chi connectivity index (χ4n) is 4.27. The number of hydrogen-bond donors (Lipinski definition) is 0. The third kappa shape index (κ3) is 4.39. The Labute approximate surface area is 195 Å². The zero-order chi connectivity index (χ0) is 24.7. The summed E-state index contributed by atoms with van der Waals surface area (Å²) in [6, 6.07) is 9.81. The van der Waals surface area contributed by atoms with Crippen LogP contribution in [0.1, 0.15) is 24.0 Å². The molecule has 35 heavy (non-hydrogen) atoms. The van der Waals surface area contributed by atoms with Crippen molar-refractivity contribution in [3.05, 3.63) is 92.6 Å². The third-order valence-electron chi connectivity index (χ3n) is 6.03. The van der Waals surface area contributed by atoms with Gasteiger partial charge in [-0.05, 0) is 54.8 Å². The highest BCUT2D eigenvalue weighted by atomic mass is 19.4. The average Bonchev–Trinajstić information content (AvgIpc) is 3.48. The normalized spacial score (nSPS) is 16.3. The molecule has 2 aromatic carbocycles. The number of fused-ring (bicyclic) bond motifs is 1. The second-order valence-corrected chi connectivity index (χ2v) is 8.38. The highest BCUT2D eigenvalue weighted by molar-refractivity contribution is 5.72. The summed E-state index contributed by atoms with van der Waals surface area (Å²) in [5, 5.41) is 0. The molecule has 0 spiro atoms. The Morgan fingerprint density at radius 3 is 2.37 bits per heavy atom. The van der Waals surface area contributed by atoms with Crippen LogP contribution in [0.5, 0.6) is 0 Å². The number of alkyl halides is 3. The first-order chi connectivity index (χ1) is 16.7. The molecule has 1 aliphatic rings. The van der Waals surface area contributed by atoms with Crippen LogP contribution < -0.4 is 11.2 Å². The summed E-state index contributed by atoms with van der Waals surface area (Å²) >= 11 is 0. The van der Waals surface area contributed by atoms with Gasteiger partial charge in [-0.1, -0.05) is 12.1 Å². The van der Waals surface area contributed by atoms with Crippen molar-refractivity contribution >= 4 is 11.2 Å². The Morgan fingerprint density at radius 2 is 1.74 bits per heavy atom. The molecule has 0 bridgehead atoms. The van der Waals surface area contributed by atoms with Crippen molar-refractivity contribution in [2.24, 2.45) is 0 Å². The Kier molecular flexibility index (Phi) is 5.79. The van der Waals surface area contributed by atoms with Crippen molar-refractivity contribution in [3.63, 3.8) is 0 Å². The number of nitrogens with zero attached hydrogens (tertiary/aromatic N) is 4. The maximum absolute atomic E-state index is 13.5. The van der Waals surface area contributed by atoms with Gasteiger partial charge in [-0.15, -0.1) is 0 Å². The second kappa shape index (κ2) is 8.81. The number of ether oxygens (including phenoxy) is 1. The van der Waals surface area contributed by atoms with Crippen LogP contribution in [-0.2, 0) is 24.0 Å². The van der Waals surface area contributed by atoms with E-state index in [9.17, 15) is 27.2 Å². The minimum Gasteiger partial charge on any atom is -0.376 e. The number of halogens is 4. The number of rotatable bonds is 5. The minimum absolute atomic E-state index is 0.0419. The Hall–Kier alpha value is -3.73. The van der Waals surface area contributed by atoms with Gasteiger partial charge < -0.3 is 9.30 Å². The largest absolute Gasteiger partial charge is 0.416 e. The summed E-state index contributed by atoms with van der Waals surface area (Å²) in [7, 11) is 0. The van der Waals surface area contributed by atoms with Gasteiger partial charge in [0.2, 0.25) is 0 Å². The Morgan fingerprint density at radius 1 is 1.03 bits per heavy atom. The van der Waals surface area contributed by atoms with E-state index in [1.165, 1.54) is 51.9 Å². The fourth-order valence-corrected chi connectivity index (χ4v) is 4.27. The molecule has 1 fully saturated rings. The lowest BCUT2D eigenvalue weighted by molar-refractivity contribution is -0.137. The summed E-state index contributed by atoms with van der Waals surface area (Å²) in [4.78, 5) is 31.1. The Balaban J connectivity index is 1.65. The van der Waals surface area contributed by atoms with Gasteiger partial charge >= 0.3 is 11.9 Å². The molecule has 1 atom stereocenters. The highest BCUT2D eigenvalue weighted by Gasteiger charge is 2.30. The summed E-state index contributed by atoms with van der Waals surface area (Å²) in [6.07, 6.45) is -1.88. The molecule has 0 amide bonds. The van der Waals surface area contributed by atoms with Gasteiger partial charge in [-0.3, -0.25) is 9.36 Å². The predicted molar refractivity (Wildman–Crippen MR) is 119 cm³/mol. The van der Waals surface area contributed by atoms with E-state index in [1.807, 2.05) is 0 Å². The molecule has 3 heterocycles. The number of imidazole rings is 1. The molecule has 5 rings (SSSR count). The standard InChI is InChI=1S/C24H20F4N4O3/c25-17-7-9-18(10-8-17)32-21-20(22(33)31(23(32)34)13-19-2-1-11-35-19)30(14-29-21)12-15-3-5-16(6-4-15)24(26,27)28/h3-10,14,19H,1-2,11-13H2/t19-/m0/s1. The van der Waals surface area contributed by atoms with E-state index in [0.29, 0.717) is 24.3 Å². The quantitative estimate of drug-likeness (QED) is 0.402. The van der Waals surface area contributed by atoms with Crippen molar-refractivity contribution in [2.75, 3.05) is 6.61 Å². The summed E-state index contributed by atoms with van der Waals surface area (Å²) in [6.45, 7) is 0.644. The lowest BCUT2D eigenvalue weighted by atomic mass is 10.1. The monoisotopic (exact) mass is 488 g/mol. The van der Waals surface area contributed by atoms with E-state index in [1.54, 1.807) is 0 Å². The van der Waals surface area contributed by atoms with Gasteiger partial charge in [-0.2, -0.15) is 13.2 Å². The summed E-state index contributed by atoms with van der Waals surface area (Å²) in [5.41, 5.74) is -0.980. The zero-order valence-corrected chi connectivity index (χ0v) is 18.3. The van der Waals surface area contributed by atoms with E-state index in [0.717, 1.165) is 23.1 Å². The lowest BCUT2D eigenvalue weighted by Gasteiger charge is -2.15. The molecule has 11 heteroatoms. The predicted octanol–water partition coefficient (Wildman–Crippen LogP) is 3.73. The molecule has 1 saturated heterocycles. The third-order valence-corrected chi connectivity index (χ3v) is 6.03. The summed E-state index contributed by atoms with van der Waals surface area (Å²) < 4.78 is 61.7. The Bertz CT molecular complexity index is 1480. The van der Waals surface area contributed by atoms with E-state index >= 15 is 0 Å². The van der Waals surface area contributed by atoms with Crippen molar-refractivity contribution in [1.29, 1.82) is 0 Å². The van der Waals surface area contributed by atoms with Crippen LogP contribution in [-0.4, -0.2) is 31.4 Å². The first-order valence-electron chi connectivity index (χ1n) is 11.0.